The van der Waals surface area contributed by atoms with E-state index in [-0.39, 0.29) is 0 Å². The molecule has 0 atom stereocenters. The zero-order chi connectivity index (χ0) is 11.8. The topological polar surface area (TPSA) is 94.9 Å². The van der Waals surface area contributed by atoms with Crippen LogP contribution in [0.5, 0.6) is 0 Å². The number of carbonyl (C=O) groups excluding carboxylic acids is 1. The molecule has 0 saturated carbocycles. The fourth-order valence-electron chi connectivity index (χ4n) is 0.884. The van der Waals surface area contributed by atoms with Crippen molar-refractivity contribution in [2.24, 2.45) is 5.73 Å². The van der Waals surface area contributed by atoms with E-state index in [1.54, 1.807) is 30.6 Å². The van der Waals surface area contributed by atoms with Crippen LogP contribution in [0.2, 0.25) is 0 Å². The average molecular weight is 216 g/mol. The molecular formula is C11H12N4O. The number of amides is 1. The largest absolute Gasteiger partial charge is 0.384 e. The minimum Gasteiger partial charge on any atom is -0.384 e. The molecule has 0 fully saturated rings. The Labute approximate surface area is 93.1 Å². The molecule has 2 heterocycles. The first kappa shape index (κ1) is 11.6. The highest BCUT2D eigenvalue weighted by molar-refractivity contribution is 5.92. The van der Waals surface area contributed by atoms with Crippen molar-refractivity contribution in [3.05, 3.63) is 54.5 Å². The smallest absolute Gasteiger partial charge is 0.250 e. The average Bonchev–Trinajstić information content (AvgIpc) is 2.32. The Bertz CT molecular complexity index is 430. The number of hydrogen-bond donors (Lipinski definition) is 2. The molecule has 0 spiro atoms. The lowest BCUT2D eigenvalue weighted by molar-refractivity contribution is 0.1000. The number of nitrogen functional groups attached to an aromatic ring is 1. The van der Waals surface area contributed by atoms with E-state index in [1.165, 1.54) is 6.20 Å². The Kier molecular flexibility index (Phi) is 4.46. The SMILES string of the molecule is NC(=O)c1cccnc1.Nc1ccccn1. The summed E-state index contributed by atoms with van der Waals surface area (Å²) in [7, 11) is 0. The minimum absolute atomic E-state index is 0.442. The molecule has 5 heteroatoms. The number of nitrogens with two attached hydrogens (primary N) is 2. The summed E-state index contributed by atoms with van der Waals surface area (Å²) in [6.07, 6.45) is 4.68. The third kappa shape index (κ3) is 4.19. The van der Waals surface area contributed by atoms with E-state index < -0.39 is 5.91 Å². The van der Waals surface area contributed by atoms with Gasteiger partial charge in [0.15, 0.2) is 0 Å². The van der Waals surface area contributed by atoms with Crippen LogP contribution in [-0.4, -0.2) is 15.9 Å². The molecule has 2 aromatic heterocycles. The Balaban J connectivity index is 0.000000165. The standard InChI is InChI=1S/C6H6N2O.C5H6N2/c7-6(9)5-2-1-3-8-4-5;6-5-3-1-2-4-7-5/h1-4H,(H2,7,9);1-4H,(H2,6,7). The van der Waals surface area contributed by atoms with Gasteiger partial charge in [-0.3, -0.25) is 9.78 Å². The van der Waals surface area contributed by atoms with E-state index in [0.29, 0.717) is 11.4 Å². The van der Waals surface area contributed by atoms with Crippen molar-refractivity contribution < 1.29 is 4.79 Å². The molecule has 0 radical (unpaired) electrons. The Morgan fingerprint density at radius 2 is 1.94 bits per heavy atom. The Morgan fingerprint density at radius 3 is 2.25 bits per heavy atom. The van der Waals surface area contributed by atoms with Crippen molar-refractivity contribution in [2.45, 2.75) is 0 Å². The number of nitrogens with zero attached hydrogens (tertiary/aromatic N) is 2. The molecule has 16 heavy (non-hydrogen) atoms. The van der Waals surface area contributed by atoms with Crippen molar-refractivity contribution in [1.82, 2.24) is 9.97 Å². The second-order valence-electron chi connectivity index (χ2n) is 2.86. The molecule has 0 saturated heterocycles. The van der Waals surface area contributed by atoms with Gasteiger partial charge in [0, 0.05) is 18.6 Å². The van der Waals surface area contributed by atoms with Gasteiger partial charge in [0.2, 0.25) is 5.91 Å². The van der Waals surface area contributed by atoms with Crippen LogP contribution in [0.3, 0.4) is 0 Å². The van der Waals surface area contributed by atoms with Gasteiger partial charge in [-0.15, -0.1) is 0 Å². The van der Waals surface area contributed by atoms with Crippen LogP contribution in [0.15, 0.2) is 48.9 Å². The summed E-state index contributed by atoms with van der Waals surface area (Å²) in [5, 5.41) is 0. The number of carbonyl (C=O) groups is 1. The van der Waals surface area contributed by atoms with Crippen LogP contribution in [0.1, 0.15) is 10.4 Å². The van der Waals surface area contributed by atoms with Crippen LogP contribution >= 0.6 is 0 Å². The van der Waals surface area contributed by atoms with E-state index in [4.69, 9.17) is 11.5 Å². The number of rotatable bonds is 1. The van der Waals surface area contributed by atoms with Gasteiger partial charge in [0.05, 0.1) is 5.56 Å². The maximum Gasteiger partial charge on any atom is 0.250 e. The van der Waals surface area contributed by atoms with Crippen LogP contribution in [0.25, 0.3) is 0 Å². The van der Waals surface area contributed by atoms with Crippen LogP contribution in [0.4, 0.5) is 5.82 Å². The summed E-state index contributed by atoms with van der Waals surface area (Å²) in [5.74, 6) is 0.130. The summed E-state index contributed by atoms with van der Waals surface area (Å²) in [6, 6.07) is 8.72. The number of aromatic nitrogens is 2. The van der Waals surface area contributed by atoms with Gasteiger partial charge in [-0.1, -0.05) is 6.07 Å². The Hall–Kier alpha value is -2.43. The van der Waals surface area contributed by atoms with Crippen molar-refractivity contribution in [1.29, 1.82) is 0 Å². The van der Waals surface area contributed by atoms with E-state index in [0.717, 1.165) is 0 Å². The maximum absolute atomic E-state index is 10.4. The third-order valence-electron chi connectivity index (χ3n) is 1.63. The summed E-state index contributed by atoms with van der Waals surface area (Å²) in [5.41, 5.74) is 10.6. The first-order chi connectivity index (χ1) is 7.70. The van der Waals surface area contributed by atoms with Gasteiger partial charge in [-0.25, -0.2) is 4.98 Å². The molecule has 0 aliphatic heterocycles. The first-order valence-electron chi connectivity index (χ1n) is 4.56. The van der Waals surface area contributed by atoms with Crippen molar-refractivity contribution in [3.63, 3.8) is 0 Å². The zero-order valence-corrected chi connectivity index (χ0v) is 8.58. The van der Waals surface area contributed by atoms with Crippen molar-refractivity contribution >= 4 is 11.7 Å². The highest BCUT2D eigenvalue weighted by atomic mass is 16.1. The van der Waals surface area contributed by atoms with Gasteiger partial charge < -0.3 is 11.5 Å². The first-order valence-corrected chi connectivity index (χ1v) is 4.56. The monoisotopic (exact) mass is 216 g/mol. The number of anilines is 1. The lowest BCUT2D eigenvalue weighted by Crippen LogP contribution is -2.10. The number of primary amides is 1. The normalized spacial score (nSPS) is 8.75. The zero-order valence-electron chi connectivity index (χ0n) is 8.58. The summed E-state index contributed by atoms with van der Waals surface area (Å²) < 4.78 is 0. The molecule has 2 rings (SSSR count). The molecule has 0 aromatic carbocycles. The summed E-state index contributed by atoms with van der Waals surface area (Å²) in [4.78, 5) is 17.8. The van der Waals surface area contributed by atoms with Gasteiger partial charge in [-0.2, -0.15) is 0 Å². The fraction of sp³-hybridized carbons (Fsp3) is 0. The second kappa shape index (κ2) is 6.13. The lowest BCUT2D eigenvalue weighted by atomic mass is 10.3. The molecule has 82 valence electrons. The van der Waals surface area contributed by atoms with E-state index in [9.17, 15) is 4.79 Å². The molecule has 5 nitrogen and oxygen atoms in total. The highest BCUT2D eigenvalue weighted by Gasteiger charge is 1.94. The van der Waals surface area contributed by atoms with Gasteiger partial charge in [0.1, 0.15) is 5.82 Å². The van der Waals surface area contributed by atoms with Crippen LogP contribution in [0, 0.1) is 0 Å². The second-order valence-corrected chi connectivity index (χ2v) is 2.86. The van der Waals surface area contributed by atoms with Crippen molar-refractivity contribution in [2.75, 3.05) is 5.73 Å². The van der Waals surface area contributed by atoms with Gasteiger partial charge in [-0.05, 0) is 24.3 Å². The molecule has 0 unspecified atom stereocenters. The van der Waals surface area contributed by atoms with E-state index in [2.05, 4.69) is 9.97 Å². The summed E-state index contributed by atoms with van der Waals surface area (Å²) in [6.45, 7) is 0. The molecule has 0 bridgehead atoms. The van der Waals surface area contributed by atoms with Crippen LogP contribution in [-0.2, 0) is 0 Å². The fourth-order valence-corrected chi connectivity index (χ4v) is 0.884. The predicted molar refractivity (Wildman–Crippen MR) is 61.4 cm³/mol. The predicted octanol–water partition coefficient (Wildman–Crippen LogP) is 0.844. The van der Waals surface area contributed by atoms with Crippen molar-refractivity contribution in [3.8, 4) is 0 Å². The van der Waals surface area contributed by atoms with Gasteiger partial charge in [0.25, 0.3) is 0 Å². The Morgan fingerprint density at radius 1 is 1.12 bits per heavy atom. The third-order valence-corrected chi connectivity index (χ3v) is 1.63. The summed E-state index contributed by atoms with van der Waals surface area (Å²) >= 11 is 0. The maximum atomic E-state index is 10.4. The minimum atomic E-state index is -0.442. The number of pyridine rings is 2. The molecule has 2 aromatic rings. The quantitative estimate of drug-likeness (QED) is 0.738. The molecule has 0 aliphatic carbocycles. The van der Waals surface area contributed by atoms with E-state index in [1.807, 2.05) is 12.1 Å². The molecule has 0 aliphatic rings. The molecule has 4 N–H and O–H groups in total. The highest BCUT2D eigenvalue weighted by Crippen LogP contribution is 1.91. The number of hydrogen-bond acceptors (Lipinski definition) is 4. The van der Waals surface area contributed by atoms with Gasteiger partial charge >= 0.3 is 0 Å². The lowest BCUT2D eigenvalue weighted by Gasteiger charge is -1.88. The molecular weight excluding hydrogens is 204 g/mol. The van der Waals surface area contributed by atoms with Crippen LogP contribution < -0.4 is 11.5 Å². The van der Waals surface area contributed by atoms with E-state index >= 15 is 0 Å². The molecule has 1 amide bonds.